The first-order valence-electron chi connectivity index (χ1n) is 7.79. The molecule has 0 amide bonds. The summed E-state index contributed by atoms with van der Waals surface area (Å²) in [5, 5.41) is 3.53. The highest BCUT2D eigenvalue weighted by Gasteiger charge is 2.10. The summed E-state index contributed by atoms with van der Waals surface area (Å²) in [6.07, 6.45) is 2.35. The normalized spacial score (nSPS) is 13.4. The van der Waals surface area contributed by atoms with Gasteiger partial charge in [-0.15, -0.1) is 0 Å². The number of hydrogen-bond donors (Lipinski definition) is 1. The predicted octanol–water partition coefficient (Wildman–Crippen LogP) is 1.66. The van der Waals surface area contributed by atoms with Gasteiger partial charge < -0.3 is 15.0 Å². The molecule has 0 fully saturated rings. The molecule has 1 atom stereocenters. The highest BCUT2D eigenvalue weighted by atomic mass is 16.5. The van der Waals surface area contributed by atoms with E-state index >= 15 is 0 Å². The Kier molecular flexibility index (Phi) is 12.7. The van der Waals surface area contributed by atoms with E-state index in [1.54, 1.807) is 0 Å². The van der Waals surface area contributed by atoms with E-state index in [9.17, 15) is 0 Å². The lowest BCUT2D eigenvalue weighted by molar-refractivity contribution is 0.143. The van der Waals surface area contributed by atoms with Crippen LogP contribution in [0.25, 0.3) is 0 Å². The van der Waals surface area contributed by atoms with Crippen LogP contribution in [0, 0.1) is 0 Å². The Bertz CT molecular complexity index is 188. The Balaban J connectivity index is 3.61. The van der Waals surface area contributed by atoms with Gasteiger partial charge in [-0.05, 0) is 67.0 Å². The van der Waals surface area contributed by atoms with Gasteiger partial charge in [0.05, 0.1) is 0 Å². The van der Waals surface area contributed by atoms with E-state index in [2.05, 4.69) is 43.1 Å². The highest BCUT2D eigenvalue weighted by molar-refractivity contribution is 4.69. The third-order valence-corrected chi connectivity index (χ3v) is 3.37. The molecule has 0 saturated heterocycles. The van der Waals surface area contributed by atoms with Crippen LogP contribution in [-0.4, -0.2) is 75.9 Å². The van der Waals surface area contributed by atoms with Crippen molar-refractivity contribution in [2.75, 3.05) is 60.0 Å². The maximum Gasteiger partial charge on any atom is 0.0477 e. The first-order valence-corrected chi connectivity index (χ1v) is 7.79. The molecule has 0 heterocycles. The fraction of sp³-hybridized carbons (Fsp3) is 1.00. The number of likely N-dealkylation sites (N-methyl/N-ethyl adjacent to an activating group) is 1. The van der Waals surface area contributed by atoms with E-state index in [4.69, 9.17) is 4.74 Å². The summed E-state index contributed by atoms with van der Waals surface area (Å²) < 4.78 is 5.33. The van der Waals surface area contributed by atoms with Crippen LogP contribution in [0.3, 0.4) is 0 Å². The fourth-order valence-corrected chi connectivity index (χ4v) is 2.16. The minimum atomic E-state index is 0.610. The molecule has 1 N–H and O–H groups in total. The fourth-order valence-electron chi connectivity index (χ4n) is 2.16. The van der Waals surface area contributed by atoms with Crippen LogP contribution in [0.2, 0.25) is 0 Å². The zero-order valence-electron chi connectivity index (χ0n) is 13.7. The summed E-state index contributed by atoms with van der Waals surface area (Å²) in [4.78, 5) is 4.81. The van der Waals surface area contributed by atoms with Gasteiger partial charge in [0.15, 0.2) is 0 Å². The Morgan fingerprint density at radius 2 is 1.84 bits per heavy atom. The number of ether oxygens (including phenoxy) is 1. The summed E-state index contributed by atoms with van der Waals surface area (Å²) in [5.41, 5.74) is 0. The van der Waals surface area contributed by atoms with Gasteiger partial charge in [-0.25, -0.2) is 0 Å². The molecule has 19 heavy (non-hydrogen) atoms. The van der Waals surface area contributed by atoms with E-state index in [-0.39, 0.29) is 0 Å². The van der Waals surface area contributed by atoms with Crippen LogP contribution in [0.1, 0.15) is 33.6 Å². The quantitative estimate of drug-likeness (QED) is 0.517. The molecule has 116 valence electrons. The van der Waals surface area contributed by atoms with E-state index in [0.29, 0.717) is 6.04 Å². The van der Waals surface area contributed by atoms with Gasteiger partial charge in [-0.3, -0.25) is 4.90 Å². The molecule has 0 saturated carbocycles. The lowest BCUT2D eigenvalue weighted by Gasteiger charge is -2.28. The molecule has 0 radical (unpaired) electrons. The second-order valence-corrected chi connectivity index (χ2v) is 5.39. The Morgan fingerprint density at radius 3 is 2.42 bits per heavy atom. The standard InChI is InChI=1S/C15H35N3O/c1-6-18(12-9-11-17(4)5)15(3)14-16-10-8-13-19-7-2/h15-16H,6-14H2,1-5H3. The third-order valence-electron chi connectivity index (χ3n) is 3.37. The van der Waals surface area contributed by atoms with Crippen LogP contribution in [0.15, 0.2) is 0 Å². The van der Waals surface area contributed by atoms with Crippen LogP contribution in [0.5, 0.6) is 0 Å². The second kappa shape index (κ2) is 12.9. The summed E-state index contributed by atoms with van der Waals surface area (Å²) in [5.74, 6) is 0. The SMILES string of the molecule is CCOCCCNCC(C)N(CC)CCCN(C)C. The van der Waals surface area contributed by atoms with Crippen molar-refractivity contribution in [2.45, 2.75) is 39.7 Å². The van der Waals surface area contributed by atoms with Crippen LogP contribution in [-0.2, 0) is 4.74 Å². The van der Waals surface area contributed by atoms with Crippen molar-refractivity contribution in [3.05, 3.63) is 0 Å². The van der Waals surface area contributed by atoms with Gasteiger partial charge in [-0.1, -0.05) is 6.92 Å². The van der Waals surface area contributed by atoms with Crippen molar-refractivity contribution < 1.29 is 4.74 Å². The third kappa shape index (κ3) is 11.4. The number of nitrogens with zero attached hydrogens (tertiary/aromatic N) is 2. The first-order chi connectivity index (χ1) is 9.11. The topological polar surface area (TPSA) is 27.7 Å². The van der Waals surface area contributed by atoms with E-state index in [1.807, 2.05) is 6.92 Å². The minimum absolute atomic E-state index is 0.610. The van der Waals surface area contributed by atoms with E-state index < -0.39 is 0 Å². The van der Waals surface area contributed by atoms with Gasteiger partial charge in [0.1, 0.15) is 0 Å². The molecule has 0 aromatic heterocycles. The van der Waals surface area contributed by atoms with Crippen LogP contribution in [0.4, 0.5) is 0 Å². The molecule has 1 unspecified atom stereocenters. The van der Waals surface area contributed by atoms with Crippen molar-refractivity contribution in [3.63, 3.8) is 0 Å². The zero-order valence-corrected chi connectivity index (χ0v) is 13.7. The Labute approximate surface area is 120 Å². The number of rotatable bonds is 13. The molecule has 0 aromatic carbocycles. The predicted molar refractivity (Wildman–Crippen MR) is 83.9 cm³/mol. The molecule has 0 rings (SSSR count). The summed E-state index contributed by atoms with van der Waals surface area (Å²) in [6, 6.07) is 0.610. The molecule has 0 aromatic rings. The molecular formula is C15H35N3O. The van der Waals surface area contributed by atoms with Crippen molar-refractivity contribution in [1.29, 1.82) is 0 Å². The average molecular weight is 273 g/mol. The lowest BCUT2D eigenvalue weighted by Crippen LogP contribution is -2.41. The van der Waals surface area contributed by atoms with Crippen LogP contribution < -0.4 is 5.32 Å². The summed E-state index contributed by atoms with van der Waals surface area (Å²) >= 11 is 0. The van der Waals surface area contributed by atoms with Gasteiger partial charge in [-0.2, -0.15) is 0 Å². The second-order valence-electron chi connectivity index (χ2n) is 5.39. The van der Waals surface area contributed by atoms with E-state index in [1.165, 1.54) is 19.5 Å². The first kappa shape index (κ1) is 18.8. The average Bonchev–Trinajstić information content (AvgIpc) is 2.38. The summed E-state index contributed by atoms with van der Waals surface area (Å²) in [6.45, 7) is 13.9. The smallest absolute Gasteiger partial charge is 0.0477 e. The largest absolute Gasteiger partial charge is 0.382 e. The van der Waals surface area contributed by atoms with Gasteiger partial charge >= 0.3 is 0 Å². The van der Waals surface area contributed by atoms with Crippen molar-refractivity contribution in [3.8, 4) is 0 Å². The van der Waals surface area contributed by atoms with Gasteiger partial charge in [0.2, 0.25) is 0 Å². The molecule has 0 spiro atoms. The maximum atomic E-state index is 5.33. The van der Waals surface area contributed by atoms with Gasteiger partial charge in [0, 0.05) is 25.8 Å². The molecule has 0 aliphatic heterocycles. The minimum Gasteiger partial charge on any atom is -0.382 e. The van der Waals surface area contributed by atoms with Crippen LogP contribution >= 0.6 is 0 Å². The molecule has 0 aliphatic carbocycles. The van der Waals surface area contributed by atoms with Gasteiger partial charge in [0.25, 0.3) is 0 Å². The highest BCUT2D eigenvalue weighted by Crippen LogP contribution is 2.00. The number of hydrogen-bond acceptors (Lipinski definition) is 4. The molecule has 0 bridgehead atoms. The zero-order chi connectivity index (χ0) is 14.5. The molecule has 4 nitrogen and oxygen atoms in total. The molecule has 4 heteroatoms. The number of nitrogens with one attached hydrogen (secondary N) is 1. The van der Waals surface area contributed by atoms with E-state index in [0.717, 1.165) is 39.3 Å². The Hall–Kier alpha value is -0.160. The molecule has 0 aliphatic rings. The van der Waals surface area contributed by atoms with Crippen molar-refractivity contribution >= 4 is 0 Å². The van der Waals surface area contributed by atoms with Crippen molar-refractivity contribution in [2.24, 2.45) is 0 Å². The molecular weight excluding hydrogens is 238 g/mol. The Morgan fingerprint density at radius 1 is 1.11 bits per heavy atom. The monoisotopic (exact) mass is 273 g/mol. The maximum absolute atomic E-state index is 5.33. The lowest BCUT2D eigenvalue weighted by atomic mass is 10.2. The van der Waals surface area contributed by atoms with Crippen molar-refractivity contribution in [1.82, 2.24) is 15.1 Å². The summed E-state index contributed by atoms with van der Waals surface area (Å²) in [7, 11) is 4.28.